The van der Waals surface area contributed by atoms with Crippen LogP contribution in [0.1, 0.15) is 48.3 Å². The number of carbonyl (C=O) groups excluding carboxylic acids is 1. The number of amides is 1. The Labute approximate surface area is 212 Å². The molecule has 0 bridgehead atoms. The Morgan fingerprint density at radius 1 is 1.03 bits per heavy atom. The number of aromatic nitrogens is 1. The molecule has 1 unspecified atom stereocenters. The number of benzene rings is 2. The standard InChI is InChI=1S/C28H28F3N3O3/c1-17-23(33-16-25(35)36)7-4-8-24(17)34-27(37)26(19-5-2-3-6-19)20-11-9-18(10-12-20)21-13-22(15-32-14-21)28(29,30)31/h4,7-15,19,26,33H,2-3,5-6,16H2,1H3,(H,34,37)(H,35,36). The Kier molecular flexibility index (Phi) is 7.80. The molecule has 1 aliphatic carbocycles. The molecule has 3 aromatic rings. The van der Waals surface area contributed by atoms with E-state index in [0.29, 0.717) is 22.5 Å². The Morgan fingerprint density at radius 3 is 2.35 bits per heavy atom. The number of carboxylic acids is 1. The molecule has 2 aromatic carbocycles. The number of hydrogen-bond donors (Lipinski definition) is 3. The Hall–Kier alpha value is -3.88. The molecule has 0 aliphatic heterocycles. The van der Waals surface area contributed by atoms with Gasteiger partial charge < -0.3 is 15.7 Å². The van der Waals surface area contributed by atoms with Crippen LogP contribution in [0.4, 0.5) is 24.5 Å². The first-order valence-electron chi connectivity index (χ1n) is 12.1. The summed E-state index contributed by atoms with van der Waals surface area (Å²) >= 11 is 0. The molecule has 0 spiro atoms. The summed E-state index contributed by atoms with van der Waals surface area (Å²) in [5, 5.41) is 14.8. The molecule has 0 saturated heterocycles. The van der Waals surface area contributed by atoms with E-state index in [-0.39, 0.29) is 18.4 Å². The minimum atomic E-state index is -4.48. The third-order valence-electron chi connectivity index (χ3n) is 6.84. The number of aliphatic carboxylic acids is 1. The van der Waals surface area contributed by atoms with Crippen molar-refractivity contribution in [2.45, 2.75) is 44.7 Å². The highest BCUT2D eigenvalue weighted by Crippen LogP contribution is 2.39. The van der Waals surface area contributed by atoms with Gasteiger partial charge in [0.05, 0.1) is 11.5 Å². The van der Waals surface area contributed by atoms with Gasteiger partial charge in [-0.25, -0.2) is 0 Å². The molecule has 1 aromatic heterocycles. The highest BCUT2D eigenvalue weighted by Gasteiger charge is 2.33. The molecule has 6 nitrogen and oxygen atoms in total. The number of pyridine rings is 1. The Morgan fingerprint density at radius 2 is 1.70 bits per heavy atom. The van der Waals surface area contributed by atoms with Gasteiger partial charge in [-0.2, -0.15) is 13.2 Å². The van der Waals surface area contributed by atoms with Gasteiger partial charge in [0.1, 0.15) is 6.54 Å². The summed E-state index contributed by atoms with van der Waals surface area (Å²) in [4.78, 5) is 28.2. The van der Waals surface area contributed by atoms with E-state index in [2.05, 4.69) is 15.6 Å². The van der Waals surface area contributed by atoms with Crippen molar-refractivity contribution in [3.63, 3.8) is 0 Å². The normalized spacial score (nSPS) is 14.8. The largest absolute Gasteiger partial charge is 0.480 e. The zero-order valence-electron chi connectivity index (χ0n) is 20.3. The van der Waals surface area contributed by atoms with Crippen molar-refractivity contribution in [1.29, 1.82) is 0 Å². The first-order chi connectivity index (χ1) is 17.6. The average molecular weight is 512 g/mol. The molecule has 1 aliphatic rings. The summed E-state index contributed by atoms with van der Waals surface area (Å²) in [6.45, 7) is 1.57. The van der Waals surface area contributed by atoms with Crippen LogP contribution in [0.5, 0.6) is 0 Å². The third kappa shape index (κ3) is 6.28. The predicted octanol–water partition coefficient (Wildman–Crippen LogP) is 6.48. The van der Waals surface area contributed by atoms with Crippen LogP contribution >= 0.6 is 0 Å². The van der Waals surface area contributed by atoms with Crippen LogP contribution in [-0.4, -0.2) is 28.5 Å². The topological polar surface area (TPSA) is 91.3 Å². The number of nitrogens with zero attached hydrogens (tertiary/aromatic N) is 1. The van der Waals surface area contributed by atoms with Crippen LogP contribution in [0.25, 0.3) is 11.1 Å². The smallest absolute Gasteiger partial charge is 0.417 e. The molecular weight excluding hydrogens is 483 g/mol. The van der Waals surface area contributed by atoms with Gasteiger partial charge >= 0.3 is 12.1 Å². The van der Waals surface area contributed by atoms with E-state index in [0.717, 1.165) is 49.1 Å². The van der Waals surface area contributed by atoms with Gasteiger partial charge in [-0.15, -0.1) is 0 Å². The van der Waals surface area contributed by atoms with Crippen LogP contribution < -0.4 is 10.6 Å². The van der Waals surface area contributed by atoms with E-state index in [4.69, 9.17) is 5.11 Å². The molecule has 37 heavy (non-hydrogen) atoms. The molecule has 1 saturated carbocycles. The van der Waals surface area contributed by atoms with Gasteiger partial charge in [-0.3, -0.25) is 14.6 Å². The van der Waals surface area contributed by atoms with Crippen molar-refractivity contribution in [3.8, 4) is 11.1 Å². The molecule has 4 rings (SSSR count). The third-order valence-corrected chi connectivity index (χ3v) is 6.84. The molecular formula is C28H28F3N3O3. The van der Waals surface area contributed by atoms with E-state index in [1.165, 1.54) is 6.20 Å². The lowest BCUT2D eigenvalue weighted by Gasteiger charge is -2.24. The van der Waals surface area contributed by atoms with Gasteiger partial charge in [-0.05, 0) is 60.6 Å². The number of nitrogens with one attached hydrogen (secondary N) is 2. The zero-order valence-corrected chi connectivity index (χ0v) is 20.3. The monoisotopic (exact) mass is 511 g/mol. The number of carboxylic acid groups (broad SMARTS) is 1. The molecule has 1 amide bonds. The lowest BCUT2D eigenvalue weighted by atomic mass is 9.83. The number of hydrogen-bond acceptors (Lipinski definition) is 4. The van der Waals surface area contributed by atoms with Gasteiger partial charge in [0.15, 0.2) is 0 Å². The summed E-state index contributed by atoms with van der Waals surface area (Å²) in [5.74, 6) is -1.43. The van der Waals surface area contributed by atoms with Gasteiger partial charge in [0.25, 0.3) is 0 Å². The van der Waals surface area contributed by atoms with Gasteiger partial charge in [0.2, 0.25) is 5.91 Å². The number of alkyl halides is 3. The average Bonchev–Trinajstić information content (AvgIpc) is 3.39. The van der Waals surface area contributed by atoms with E-state index in [9.17, 15) is 22.8 Å². The van der Waals surface area contributed by atoms with Crippen molar-refractivity contribution in [3.05, 3.63) is 77.6 Å². The van der Waals surface area contributed by atoms with Crippen molar-refractivity contribution in [1.82, 2.24) is 4.98 Å². The van der Waals surface area contributed by atoms with Crippen molar-refractivity contribution >= 4 is 23.3 Å². The number of halogens is 3. The minimum Gasteiger partial charge on any atom is -0.480 e. The maximum absolute atomic E-state index is 13.6. The Balaban J connectivity index is 1.58. The van der Waals surface area contributed by atoms with Crippen LogP contribution in [0.15, 0.2) is 60.9 Å². The lowest BCUT2D eigenvalue weighted by Crippen LogP contribution is -2.27. The fourth-order valence-electron chi connectivity index (χ4n) is 4.91. The zero-order chi connectivity index (χ0) is 26.6. The Bertz CT molecular complexity index is 1270. The quantitative estimate of drug-likeness (QED) is 0.322. The number of rotatable bonds is 8. The summed E-state index contributed by atoms with van der Waals surface area (Å²) < 4.78 is 39.3. The van der Waals surface area contributed by atoms with Crippen LogP contribution in [0, 0.1) is 12.8 Å². The summed E-state index contributed by atoms with van der Waals surface area (Å²) in [6.07, 6.45) is 1.61. The second kappa shape index (κ2) is 11.0. The van der Waals surface area contributed by atoms with Gasteiger partial charge in [0, 0.05) is 29.3 Å². The van der Waals surface area contributed by atoms with Crippen LogP contribution in [0.2, 0.25) is 0 Å². The van der Waals surface area contributed by atoms with E-state index < -0.39 is 23.6 Å². The summed E-state index contributed by atoms with van der Waals surface area (Å²) in [6, 6.07) is 13.4. The SMILES string of the molecule is Cc1c(NCC(=O)O)cccc1NC(=O)C(c1ccc(-c2cncc(C(F)(F)F)c2)cc1)C1CCCC1. The molecule has 1 atom stereocenters. The fraction of sp³-hybridized carbons (Fsp3) is 0.321. The molecule has 3 N–H and O–H groups in total. The maximum Gasteiger partial charge on any atom is 0.417 e. The summed E-state index contributed by atoms with van der Waals surface area (Å²) in [5.41, 5.74) is 2.87. The molecule has 194 valence electrons. The van der Waals surface area contributed by atoms with E-state index in [1.54, 1.807) is 42.5 Å². The van der Waals surface area contributed by atoms with Gasteiger partial charge in [-0.1, -0.05) is 43.2 Å². The van der Waals surface area contributed by atoms with Crippen LogP contribution in [0.3, 0.4) is 0 Å². The number of anilines is 2. The van der Waals surface area contributed by atoms with E-state index >= 15 is 0 Å². The molecule has 0 radical (unpaired) electrons. The first kappa shape index (κ1) is 26.2. The second-order valence-corrected chi connectivity index (χ2v) is 9.32. The minimum absolute atomic E-state index is 0.148. The lowest BCUT2D eigenvalue weighted by molar-refractivity contribution is -0.138. The predicted molar refractivity (Wildman–Crippen MR) is 135 cm³/mol. The second-order valence-electron chi connectivity index (χ2n) is 9.32. The van der Waals surface area contributed by atoms with Crippen molar-refractivity contribution in [2.75, 3.05) is 17.2 Å². The fourth-order valence-corrected chi connectivity index (χ4v) is 4.91. The highest BCUT2D eigenvalue weighted by atomic mass is 19.4. The van der Waals surface area contributed by atoms with Crippen LogP contribution in [-0.2, 0) is 15.8 Å². The highest BCUT2D eigenvalue weighted by molar-refractivity contribution is 5.97. The molecule has 1 fully saturated rings. The van der Waals surface area contributed by atoms with Crippen molar-refractivity contribution < 1.29 is 27.9 Å². The van der Waals surface area contributed by atoms with Crippen molar-refractivity contribution in [2.24, 2.45) is 5.92 Å². The maximum atomic E-state index is 13.6. The first-order valence-corrected chi connectivity index (χ1v) is 12.1. The number of carbonyl (C=O) groups is 2. The summed E-state index contributed by atoms with van der Waals surface area (Å²) in [7, 11) is 0. The van der Waals surface area contributed by atoms with E-state index in [1.807, 2.05) is 6.92 Å². The molecule has 9 heteroatoms. The molecule has 1 heterocycles.